The zero-order valence-electron chi connectivity index (χ0n) is 9.32. The predicted molar refractivity (Wildman–Crippen MR) is 66.1 cm³/mol. The maximum atomic E-state index is 2.31. The number of hydrogen-bond acceptors (Lipinski definition) is 0. The van der Waals surface area contributed by atoms with Crippen LogP contribution in [-0.4, -0.2) is 0 Å². The van der Waals surface area contributed by atoms with E-state index in [1.54, 1.807) is 0 Å². The lowest BCUT2D eigenvalue weighted by molar-refractivity contribution is 0.815. The smallest absolute Gasteiger partial charge is 0.00584 e. The molecule has 1 aromatic rings. The van der Waals surface area contributed by atoms with E-state index < -0.39 is 0 Å². The van der Waals surface area contributed by atoms with Crippen molar-refractivity contribution in [3.05, 3.63) is 59.7 Å². The van der Waals surface area contributed by atoms with Crippen LogP contribution in [0.4, 0.5) is 0 Å². The minimum atomic E-state index is 0.595. The molecule has 0 radical (unpaired) electrons. The van der Waals surface area contributed by atoms with E-state index in [1.165, 1.54) is 24.0 Å². The van der Waals surface area contributed by atoms with Crippen molar-refractivity contribution in [2.24, 2.45) is 0 Å². The van der Waals surface area contributed by atoms with E-state index in [0.717, 1.165) is 6.42 Å². The monoisotopic (exact) mass is 198 g/mol. The molecule has 1 aliphatic carbocycles. The fourth-order valence-corrected chi connectivity index (χ4v) is 2.20. The van der Waals surface area contributed by atoms with Crippen LogP contribution >= 0.6 is 0 Å². The van der Waals surface area contributed by atoms with Crippen molar-refractivity contribution in [3.63, 3.8) is 0 Å². The van der Waals surface area contributed by atoms with Crippen LogP contribution in [0.2, 0.25) is 0 Å². The van der Waals surface area contributed by atoms with Crippen LogP contribution in [0.3, 0.4) is 0 Å². The van der Waals surface area contributed by atoms with E-state index in [0.29, 0.717) is 5.92 Å². The molecule has 0 nitrogen and oxygen atoms in total. The van der Waals surface area contributed by atoms with Crippen LogP contribution in [0.1, 0.15) is 36.8 Å². The Hall–Kier alpha value is -1.30. The van der Waals surface area contributed by atoms with Gasteiger partial charge in [-0.3, -0.25) is 0 Å². The summed E-state index contributed by atoms with van der Waals surface area (Å²) in [7, 11) is 0. The second kappa shape index (κ2) is 4.97. The summed E-state index contributed by atoms with van der Waals surface area (Å²) in [6.07, 6.45) is 12.4. The molecule has 78 valence electrons. The van der Waals surface area contributed by atoms with Gasteiger partial charge in [0.05, 0.1) is 0 Å². The third kappa shape index (κ3) is 2.38. The standard InChI is InChI=1S/C15H18/c1-2-8-13-11-6-7-12-15(13)14-9-4-3-5-10-14/h3-7,9,11-12,14H,2,8,10H2,1H3. The highest BCUT2D eigenvalue weighted by Crippen LogP contribution is 2.27. The molecule has 0 fully saturated rings. The molecule has 0 heterocycles. The van der Waals surface area contributed by atoms with Crippen molar-refractivity contribution in [2.45, 2.75) is 32.1 Å². The molecule has 0 spiro atoms. The average molecular weight is 198 g/mol. The number of hydrogen-bond donors (Lipinski definition) is 0. The highest BCUT2D eigenvalue weighted by atomic mass is 14.2. The van der Waals surface area contributed by atoms with Gasteiger partial charge in [0.15, 0.2) is 0 Å². The second-order valence-corrected chi connectivity index (χ2v) is 4.10. The molecule has 0 bridgehead atoms. The van der Waals surface area contributed by atoms with E-state index in [-0.39, 0.29) is 0 Å². The Labute approximate surface area is 92.3 Å². The first kappa shape index (κ1) is 10.2. The fraction of sp³-hybridized carbons (Fsp3) is 0.333. The summed E-state index contributed by atoms with van der Waals surface area (Å²) in [5.74, 6) is 0.595. The molecule has 15 heavy (non-hydrogen) atoms. The third-order valence-corrected chi connectivity index (χ3v) is 2.95. The first-order valence-electron chi connectivity index (χ1n) is 5.83. The molecular weight excluding hydrogens is 180 g/mol. The molecule has 0 N–H and O–H groups in total. The maximum absolute atomic E-state index is 2.31. The first-order chi connectivity index (χ1) is 7.42. The van der Waals surface area contributed by atoms with E-state index in [2.05, 4.69) is 55.5 Å². The second-order valence-electron chi connectivity index (χ2n) is 4.10. The Kier molecular flexibility index (Phi) is 3.39. The number of aryl methyl sites for hydroxylation is 1. The summed E-state index contributed by atoms with van der Waals surface area (Å²) < 4.78 is 0. The Morgan fingerprint density at radius 1 is 1.20 bits per heavy atom. The molecule has 0 aliphatic heterocycles. The Morgan fingerprint density at radius 3 is 2.80 bits per heavy atom. The van der Waals surface area contributed by atoms with E-state index >= 15 is 0 Å². The number of benzene rings is 1. The predicted octanol–water partition coefficient (Wildman–Crippen LogP) is 4.24. The molecule has 0 aromatic heterocycles. The van der Waals surface area contributed by atoms with Gasteiger partial charge in [-0.05, 0) is 24.0 Å². The molecule has 0 heteroatoms. The SMILES string of the molecule is CCCc1ccccc1C1C=CC=CC1. The van der Waals surface area contributed by atoms with Gasteiger partial charge in [-0.1, -0.05) is 61.9 Å². The van der Waals surface area contributed by atoms with Gasteiger partial charge in [-0.2, -0.15) is 0 Å². The number of allylic oxidation sites excluding steroid dienone is 4. The molecule has 1 unspecified atom stereocenters. The molecule has 0 saturated heterocycles. The van der Waals surface area contributed by atoms with E-state index in [9.17, 15) is 0 Å². The van der Waals surface area contributed by atoms with Crippen molar-refractivity contribution in [1.82, 2.24) is 0 Å². The first-order valence-corrected chi connectivity index (χ1v) is 5.83. The van der Waals surface area contributed by atoms with Crippen LogP contribution in [0.25, 0.3) is 0 Å². The van der Waals surface area contributed by atoms with Crippen LogP contribution in [0, 0.1) is 0 Å². The van der Waals surface area contributed by atoms with Gasteiger partial charge in [0.1, 0.15) is 0 Å². The largest absolute Gasteiger partial charge is 0.0836 e. The lowest BCUT2D eigenvalue weighted by Gasteiger charge is -2.17. The summed E-state index contributed by atoms with van der Waals surface area (Å²) in [5.41, 5.74) is 3.03. The Balaban J connectivity index is 2.26. The van der Waals surface area contributed by atoms with Crippen LogP contribution in [0.5, 0.6) is 0 Å². The highest BCUT2D eigenvalue weighted by molar-refractivity contribution is 5.35. The minimum absolute atomic E-state index is 0.595. The normalized spacial score (nSPS) is 19.4. The summed E-state index contributed by atoms with van der Waals surface area (Å²) in [6.45, 7) is 2.24. The topological polar surface area (TPSA) is 0 Å². The molecule has 1 aromatic carbocycles. The molecule has 1 atom stereocenters. The Morgan fingerprint density at radius 2 is 2.07 bits per heavy atom. The highest BCUT2D eigenvalue weighted by Gasteiger charge is 2.11. The average Bonchev–Trinajstić information content (AvgIpc) is 2.31. The van der Waals surface area contributed by atoms with Gasteiger partial charge < -0.3 is 0 Å². The lowest BCUT2D eigenvalue weighted by atomic mass is 9.88. The molecular formula is C15H18. The molecule has 0 amide bonds. The van der Waals surface area contributed by atoms with Gasteiger partial charge in [0, 0.05) is 5.92 Å². The quantitative estimate of drug-likeness (QED) is 0.681. The van der Waals surface area contributed by atoms with Gasteiger partial charge in [-0.25, -0.2) is 0 Å². The summed E-state index contributed by atoms with van der Waals surface area (Å²) >= 11 is 0. The molecule has 0 saturated carbocycles. The molecule has 2 rings (SSSR count). The summed E-state index contributed by atoms with van der Waals surface area (Å²) in [4.78, 5) is 0. The third-order valence-electron chi connectivity index (χ3n) is 2.95. The van der Waals surface area contributed by atoms with Gasteiger partial charge in [0.2, 0.25) is 0 Å². The fourth-order valence-electron chi connectivity index (χ4n) is 2.20. The van der Waals surface area contributed by atoms with Gasteiger partial charge in [-0.15, -0.1) is 0 Å². The van der Waals surface area contributed by atoms with Crippen LogP contribution < -0.4 is 0 Å². The summed E-state index contributed by atoms with van der Waals surface area (Å²) in [6, 6.07) is 8.85. The van der Waals surface area contributed by atoms with Gasteiger partial charge in [0.25, 0.3) is 0 Å². The van der Waals surface area contributed by atoms with Crippen LogP contribution in [-0.2, 0) is 6.42 Å². The van der Waals surface area contributed by atoms with Crippen molar-refractivity contribution in [1.29, 1.82) is 0 Å². The van der Waals surface area contributed by atoms with E-state index in [4.69, 9.17) is 0 Å². The van der Waals surface area contributed by atoms with Crippen molar-refractivity contribution < 1.29 is 0 Å². The van der Waals surface area contributed by atoms with Crippen molar-refractivity contribution in [2.75, 3.05) is 0 Å². The van der Waals surface area contributed by atoms with Crippen LogP contribution in [0.15, 0.2) is 48.6 Å². The lowest BCUT2D eigenvalue weighted by Crippen LogP contribution is -2.01. The van der Waals surface area contributed by atoms with Crippen molar-refractivity contribution >= 4 is 0 Å². The zero-order valence-corrected chi connectivity index (χ0v) is 9.32. The van der Waals surface area contributed by atoms with E-state index in [1.807, 2.05) is 0 Å². The minimum Gasteiger partial charge on any atom is -0.0836 e. The Bertz CT molecular complexity index is 371. The number of rotatable bonds is 3. The maximum Gasteiger partial charge on any atom is 0.00584 e. The summed E-state index contributed by atoms with van der Waals surface area (Å²) in [5, 5.41) is 0. The van der Waals surface area contributed by atoms with Gasteiger partial charge >= 0.3 is 0 Å². The zero-order chi connectivity index (χ0) is 10.5. The molecule has 1 aliphatic rings. The van der Waals surface area contributed by atoms with Crippen molar-refractivity contribution in [3.8, 4) is 0 Å².